The lowest BCUT2D eigenvalue weighted by Gasteiger charge is -2.23. The van der Waals surface area contributed by atoms with E-state index in [9.17, 15) is 4.79 Å². The van der Waals surface area contributed by atoms with Crippen molar-refractivity contribution in [1.29, 1.82) is 0 Å². The zero-order chi connectivity index (χ0) is 13.6. The first kappa shape index (κ1) is 15.1. The normalized spacial score (nSPS) is 11.3. The van der Waals surface area contributed by atoms with Crippen LogP contribution in [0.4, 0.5) is 0 Å². The Labute approximate surface area is 113 Å². The summed E-state index contributed by atoms with van der Waals surface area (Å²) in [5.74, 6) is 1.20. The van der Waals surface area contributed by atoms with Gasteiger partial charge in [0.25, 0.3) is 0 Å². The number of hydrogen-bond acceptors (Lipinski definition) is 3. The first-order chi connectivity index (χ1) is 8.43. The van der Waals surface area contributed by atoms with Gasteiger partial charge in [0, 0.05) is 5.75 Å². The summed E-state index contributed by atoms with van der Waals surface area (Å²) in [6.45, 7) is 5.60. The van der Waals surface area contributed by atoms with Crippen LogP contribution < -0.4 is 5.32 Å². The van der Waals surface area contributed by atoms with E-state index in [1.807, 2.05) is 0 Å². The number of hydrogen-bond donors (Lipinski definition) is 2. The molecular formula is C14H21NO2S. The van der Waals surface area contributed by atoms with E-state index in [0.29, 0.717) is 5.75 Å². The minimum atomic E-state index is -0.540. The van der Waals surface area contributed by atoms with E-state index in [-0.39, 0.29) is 12.5 Å². The van der Waals surface area contributed by atoms with E-state index in [0.717, 1.165) is 5.75 Å². The summed E-state index contributed by atoms with van der Waals surface area (Å²) >= 11 is 1.58. The van der Waals surface area contributed by atoms with Gasteiger partial charge < -0.3 is 10.4 Å². The first-order valence-electron chi connectivity index (χ1n) is 5.98. The smallest absolute Gasteiger partial charge is 0.230 e. The molecule has 3 nitrogen and oxygen atoms in total. The molecular weight excluding hydrogens is 246 g/mol. The van der Waals surface area contributed by atoms with Crippen LogP contribution in [-0.2, 0) is 10.5 Å². The van der Waals surface area contributed by atoms with E-state index in [1.165, 1.54) is 11.1 Å². The van der Waals surface area contributed by atoms with Crippen molar-refractivity contribution in [3.8, 4) is 0 Å². The highest BCUT2D eigenvalue weighted by Crippen LogP contribution is 2.13. The number of carbonyl (C=O) groups is 1. The maximum atomic E-state index is 11.6. The van der Waals surface area contributed by atoms with Gasteiger partial charge in [-0.3, -0.25) is 4.79 Å². The van der Waals surface area contributed by atoms with Gasteiger partial charge in [0.05, 0.1) is 17.9 Å². The highest BCUT2D eigenvalue weighted by molar-refractivity contribution is 7.99. The molecule has 0 saturated heterocycles. The third-order valence-corrected chi connectivity index (χ3v) is 3.50. The SMILES string of the molecule is Cc1ccc(CSCC(=O)NC(C)(C)CO)cc1. The molecule has 1 amide bonds. The monoisotopic (exact) mass is 267 g/mol. The Balaban J connectivity index is 2.29. The van der Waals surface area contributed by atoms with Crippen LogP contribution in [0.15, 0.2) is 24.3 Å². The maximum Gasteiger partial charge on any atom is 0.230 e. The van der Waals surface area contributed by atoms with Crippen LogP contribution in [0, 0.1) is 6.92 Å². The van der Waals surface area contributed by atoms with Crippen molar-refractivity contribution in [3.05, 3.63) is 35.4 Å². The fourth-order valence-electron chi connectivity index (χ4n) is 1.40. The number of aryl methyl sites for hydroxylation is 1. The van der Waals surface area contributed by atoms with Crippen molar-refractivity contribution in [3.63, 3.8) is 0 Å². The fraction of sp³-hybridized carbons (Fsp3) is 0.500. The van der Waals surface area contributed by atoms with Crippen LogP contribution in [0.2, 0.25) is 0 Å². The van der Waals surface area contributed by atoms with Gasteiger partial charge in [0.15, 0.2) is 0 Å². The molecule has 2 N–H and O–H groups in total. The van der Waals surface area contributed by atoms with E-state index < -0.39 is 5.54 Å². The Morgan fingerprint density at radius 3 is 2.50 bits per heavy atom. The Bertz CT molecular complexity index is 387. The minimum Gasteiger partial charge on any atom is -0.394 e. The average Bonchev–Trinajstić information content (AvgIpc) is 2.31. The summed E-state index contributed by atoms with van der Waals surface area (Å²) < 4.78 is 0. The number of rotatable bonds is 6. The zero-order valence-electron chi connectivity index (χ0n) is 11.2. The van der Waals surface area contributed by atoms with Gasteiger partial charge in [-0.1, -0.05) is 29.8 Å². The van der Waals surface area contributed by atoms with Crippen LogP contribution in [0.1, 0.15) is 25.0 Å². The zero-order valence-corrected chi connectivity index (χ0v) is 12.0. The molecule has 0 unspecified atom stereocenters. The van der Waals surface area contributed by atoms with Crippen molar-refractivity contribution in [1.82, 2.24) is 5.32 Å². The number of amides is 1. The summed E-state index contributed by atoms with van der Waals surface area (Å²) in [5, 5.41) is 11.8. The van der Waals surface area contributed by atoms with Crippen molar-refractivity contribution in [2.24, 2.45) is 0 Å². The topological polar surface area (TPSA) is 49.3 Å². The molecule has 1 rings (SSSR count). The second-order valence-electron chi connectivity index (χ2n) is 5.07. The predicted octanol–water partition coefficient (Wildman–Crippen LogP) is 2.12. The maximum absolute atomic E-state index is 11.6. The number of aliphatic hydroxyl groups excluding tert-OH is 1. The summed E-state index contributed by atoms with van der Waals surface area (Å²) in [6, 6.07) is 8.31. The molecule has 4 heteroatoms. The summed E-state index contributed by atoms with van der Waals surface area (Å²) in [7, 11) is 0. The van der Waals surface area contributed by atoms with E-state index in [2.05, 4.69) is 36.5 Å². The Hall–Kier alpha value is -1.00. The number of nitrogens with one attached hydrogen (secondary N) is 1. The average molecular weight is 267 g/mol. The van der Waals surface area contributed by atoms with Gasteiger partial charge in [-0.15, -0.1) is 11.8 Å². The summed E-state index contributed by atoms with van der Waals surface area (Å²) in [4.78, 5) is 11.6. The van der Waals surface area contributed by atoms with Gasteiger partial charge in [-0.05, 0) is 26.3 Å². The van der Waals surface area contributed by atoms with Gasteiger partial charge in [-0.25, -0.2) is 0 Å². The molecule has 0 aliphatic rings. The molecule has 0 aliphatic carbocycles. The van der Waals surface area contributed by atoms with E-state index in [1.54, 1.807) is 25.6 Å². The van der Waals surface area contributed by atoms with Crippen LogP contribution in [0.3, 0.4) is 0 Å². The van der Waals surface area contributed by atoms with E-state index in [4.69, 9.17) is 5.11 Å². The van der Waals surface area contributed by atoms with Gasteiger partial charge >= 0.3 is 0 Å². The lowest BCUT2D eigenvalue weighted by atomic mass is 10.1. The van der Waals surface area contributed by atoms with Crippen LogP contribution in [-0.4, -0.2) is 28.9 Å². The van der Waals surface area contributed by atoms with Gasteiger partial charge in [-0.2, -0.15) is 0 Å². The molecule has 0 spiro atoms. The van der Waals surface area contributed by atoms with Crippen molar-refractivity contribution in [2.45, 2.75) is 32.1 Å². The Kier molecular flexibility index (Phi) is 5.69. The molecule has 100 valence electrons. The van der Waals surface area contributed by atoms with Crippen molar-refractivity contribution in [2.75, 3.05) is 12.4 Å². The third-order valence-electron chi connectivity index (χ3n) is 2.50. The number of aliphatic hydroxyl groups is 1. The van der Waals surface area contributed by atoms with Crippen molar-refractivity contribution < 1.29 is 9.90 Å². The highest BCUT2D eigenvalue weighted by atomic mass is 32.2. The molecule has 0 fully saturated rings. The number of thioether (sulfide) groups is 1. The fourth-order valence-corrected chi connectivity index (χ4v) is 2.19. The molecule has 0 aromatic heterocycles. The minimum absolute atomic E-state index is 0.0360. The number of carbonyl (C=O) groups excluding carboxylic acids is 1. The molecule has 0 saturated carbocycles. The molecule has 1 aromatic carbocycles. The van der Waals surface area contributed by atoms with E-state index >= 15 is 0 Å². The molecule has 0 atom stereocenters. The molecule has 0 radical (unpaired) electrons. The lowest BCUT2D eigenvalue weighted by Crippen LogP contribution is -2.47. The molecule has 0 bridgehead atoms. The van der Waals surface area contributed by atoms with Crippen molar-refractivity contribution >= 4 is 17.7 Å². The quantitative estimate of drug-likeness (QED) is 0.830. The summed E-state index contributed by atoms with van der Waals surface area (Å²) in [5.41, 5.74) is 1.92. The highest BCUT2D eigenvalue weighted by Gasteiger charge is 2.18. The third kappa shape index (κ3) is 5.56. The predicted molar refractivity (Wildman–Crippen MR) is 76.6 cm³/mol. The van der Waals surface area contributed by atoms with Crippen LogP contribution in [0.5, 0.6) is 0 Å². The standard InChI is InChI=1S/C14H21NO2S/c1-11-4-6-12(7-5-11)8-18-9-13(17)15-14(2,3)10-16/h4-7,16H,8-10H2,1-3H3,(H,15,17). The van der Waals surface area contributed by atoms with Crippen LogP contribution in [0.25, 0.3) is 0 Å². The Morgan fingerprint density at radius 1 is 1.33 bits per heavy atom. The Morgan fingerprint density at radius 2 is 1.94 bits per heavy atom. The van der Waals surface area contributed by atoms with Gasteiger partial charge in [0.1, 0.15) is 0 Å². The molecule has 0 heterocycles. The first-order valence-corrected chi connectivity index (χ1v) is 7.13. The second-order valence-corrected chi connectivity index (χ2v) is 6.05. The lowest BCUT2D eigenvalue weighted by molar-refractivity contribution is -0.120. The van der Waals surface area contributed by atoms with Crippen LogP contribution >= 0.6 is 11.8 Å². The molecule has 1 aromatic rings. The second kappa shape index (κ2) is 6.81. The summed E-state index contributed by atoms with van der Waals surface area (Å²) in [6.07, 6.45) is 0. The molecule has 0 aliphatic heterocycles. The molecule has 18 heavy (non-hydrogen) atoms. The number of benzene rings is 1. The van der Waals surface area contributed by atoms with Gasteiger partial charge in [0.2, 0.25) is 5.91 Å². The largest absolute Gasteiger partial charge is 0.394 e.